The molecule has 2 aliphatic carbocycles. The number of nitrogens with zero attached hydrogens (tertiary/aromatic N) is 5. The minimum Gasteiger partial charge on any atom is -0.392 e. The van der Waals surface area contributed by atoms with Crippen molar-refractivity contribution in [3.05, 3.63) is 92.9 Å². The number of pyridine rings is 1. The molecule has 46 heavy (non-hydrogen) atoms. The van der Waals surface area contributed by atoms with Crippen molar-refractivity contribution in [1.82, 2.24) is 18.9 Å². The Bertz CT molecular complexity index is 1830. The van der Waals surface area contributed by atoms with Crippen molar-refractivity contribution in [3.63, 3.8) is 0 Å². The van der Waals surface area contributed by atoms with E-state index in [1.807, 2.05) is 6.07 Å². The summed E-state index contributed by atoms with van der Waals surface area (Å²) in [7, 11) is 3.66. The first kappa shape index (κ1) is 30.1. The summed E-state index contributed by atoms with van der Waals surface area (Å²) in [5, 5.41) is 13.6. The Kier molecular flexibility index (Phi) is 7.64. The number of aryl methyl sites for hydroxylation is 1. The number of carbonyl (C=O) groups is 1. The normalized spacial score (nSPS) is 21.6. The lowest BCUT2D eigenvalue weighted by Crippen LogP contribution is -2.45. The molecule has 2 atom stereocenters. The number of piperazine rings is 1. The molecule has 2 aliphatic heterocycles. The number of amides is 1. The number of nitrogens with two attached hydrogens (primary N) is 2. The van der Waals surface area contributed by atoms with Gasteiger partial charge in [-0.3, -0.25) is 9.59 Å². The molecule has 4 heterocycles. The first-order valence-corrected chi connectivity index (χ1v) is 16.0. The third-order valence-electron chi connectivity index (χ3n) is 10.2. The molecule has 1 amide bonds. The maximum atomic E-state index is 15.3. The molecule has 2 bridgehead atoms. The molecular formula is C34H41FN8O3. The molecule has 1 saturated heterocycles. The first-order valence-electron chi connectivity index (χ1n) is 16.0. The molecule has 0 radical (unpaired) electrons. The smallest absolute Gasteiger partial charge is 0.274 e. The predicted octanol–water partition coefficient (Wildman–Crippen LogP) is 2.77. The zero-order valence-corrected chi connectivity index (χ0v) is 26.3. The highest BCUT2D eigenvalue weighted by atomic mass is 19.1. The average molecular weight is 629 g/mol. The van der Waals surface area contributed by atoms with Gasteiger partial charge in [0.25, 0.3) is 11.5 Å². The van der Waals surface area contributed by atoms with Crippen molar-refractivity contribution in [2.75, 3.05) is 50.0 Å². The predicted molar refractivity (Wildman–Crippen MR) is 176 cm³/mol. The lowest BCUT2D eigenvalue weighted by molar-refractivity contribution is 0.0964. The summed E-state index contributed by atoms with van der Waals surface area (Å²) in [4.78, 5) is 32.9. The number of carbonyl (C=O) groups excluding carboxylic acids is 1. The molecule has 2 aromatic heterocycles. The number of likely N-dealkylation sites (N-methyl/N-ethyl adjacent to an activating group) is 1. The molecule has 1 saturated carbocycles. The lowest BCUT2D eigenvalue weighted by Gasteiger charge is -2.33. The van der Waals surface area contributed by atoms with Crippen LogP contribution in [0, 0.1) is 5.82 Å². The zero-order chi connectivity index (χ0) is 32.3. The summed E-state index contributed by atoms with van der Waals surface area (Å²) < 4.78 is 18.9. The number of anilines is 2. The maximum absolute atomic E-state index is 15.3. The number of aromatic nitrogens is 2. The fourth-order valence-electron chi connectivity index (χ4n) is 7.75. The maximum Gasteiger partial charge on any atom is 0.274 e. The van der Waals surface area contributed by atoms with Crippen LogP contribution in [0.1, 0.15) is 58.4 Å². The van der Waals surface area contributed by atoms with Crippen LogP contribution < -0.4 is 27.2 Å². The third kappa shape index (κ3) is 5.15. The van der Waals surface area contributed by atoms with E-state index in [-0.39, 0.29) is 23.0 Å². The van der Waals surface area contributed by atoms with E-state index in [9.17, 15) is 14.7 Å². The molecule has 0 spiro atoms. The average Bonchev–Trinajstić information content (AvgIpc) is 3.76. The number of fused-ring (bicyclic) bond motifs is 7. The molecule has 3 aromatic rings. The van der Waals surface area contributed by atoms with E-state index in [1.165, 1.54) is 47.2 Å². The molecule has 2 unspecified atom stereocenters. The van der Waals surface area contributed by atoms with Crippen molar-refractivity contribution in [2.45, 2.75) is 44.2 Å². The van der Waals surface area contributed by atoms with Crippen molar-refractivity contribution in [3.8, 4) is 11.1 Å². The molecule has 12 heteroatoms. The summed E-state index contributed by atoms with van der Waals surface area (Å²) in [6.45, 7) is 3.99. The van der Waals surface area contributed by atoms with Gasteiger partial charge < -0.3 is 45.7 Å². The standard InChI is InChI=1S/C34H41FN8O3/c1-39-7-9-41(10-8-39)31(37)6-5-30(36)38-27-14-22(18-40(2)33(27)45)24-15-23(35)16-28(26(24)19-44)43-12-11-42-29(34(43)46)17-25-20-3-4-21(13-20)32(25)42/h5-6,14-18,20-21,38,44H,3-4,7-13,19,36-37H2,1-2H3/b30-5+,31-6+. The molecule has 242 valence electrons. The van der Waals surface area contributed by atoms with Crippen LogP contribution >= 0.6 is 0 Å². The first-order chi connectivity index (χ1) is 22.1. The van der Waals surface area contributed by atoms with Gasteiger partial charge in [-0.2, -0.15) is 0 Å². The summed E-state index contributed by atoms with van der Waals surface area (Å²) in [5.74, 6) is 1.07. The van der Waals surface area contributed by atoms with Gasteiger partial charge in [-0.25, -0.2) is 4.39 Å². The number of aliphatic hydroxyl groups excluding tert-OH is 1. The van der Waals surface area contributed by atoms with E-state index in [0.717, 1.165) is 26.2 Å². The number of benzene rings is 1. The van der Waals surface area contributed by atoms with Gasteiger partial charge in [-0.05, 0) is 79.8 Å². The number of nitrogens with one attached hydrogen (secondary N) is 1. The summed E-state index contributed by atoms with van der Waals surface area (Å²) in [6.07, 6.45) is 8.40. The number of halogens is 1. The van der Waals surface area contributed by atoms with Crippen molar-refractivity contribution in [2.24, 2.45) is 18.5 Å². The zero-order valence-electron chi connectivity index (χ0n) is 26.3. The fourth-order valence-corrected chi connectivity index (χ4v) is 7.75. The topological polar surface area (TPSA) is 138 Å². The Morgan fingerprint density at radius 3 is 2.52 bits per heavy atom. The Balaban J connectivity index is 1.19. The number of aliphatic hydroxyl groups is 1. The van der Waals surface area contributed by atoms with Crippen molar-refractivity contribution >= 4 is 17.3 Å². The second kappa shape index (κ2) is 11.7. The Morgan fingerprint density at radius 2 is 1.76 bits per heavy atom. The van der Waals surface area contributed by atoms with Gasteiger partial charge in [0.05, 0.1) is 18.1 Å². The van der Waals surface area contributed by atoms with Crippen LogP contribution in [-0.2, 0) is 20.2 Å². The third-order valence-corrected chi connectivity index (χ3v) is 10.2. The van der Waals surface area contributed by atoms with Crippen molar-refractivity contribution < 1.29 is 14.3 Å². The highest BCUT2D eigenvalue weighted by Crippen LogP contribution is 2.54. The molecule has 2 fully saturated rings. The lowest BCUT2D eigenvalue weighted by atomic mass is 9.97. The summed E-state index contributed by atoms with van der Waals surface area (Å²) in [5.41, 5.74) is 17.2. The number of allylic oxidation sites excluding steroid dienone is 2. The van der Waals surface area contributed by atoms with E-state index in [1.54, 1.807) is 36.4 Å². The van der Waals surface area contributed by atoms with Crippen LogP contribution in [-0.4, -0.2) is 69.7 Å². The van der Waals surface area contributed by atoms with Crippen molar-refractivity contribution in [1.29, 1.82) is 0 Å². The second-order valence-corrected chi connectivity index (χ2v) is 13.0. The molecule has 11 nitrogen and oxygen atoms in total. The van der Waals surface area contributed by atoms with Gasteiger partial charge in [0, 0.05) is 75.3 Å². The SMILES string of the molecule is CN1CCN(/C(N)=C/C=C(\N)Nc2cc(-c3cc(F)cc(N4CCn5c(cc6c5C5CCC6C5)C4=O)c3CO)cn(C)c2=O)CC1. The van der Waals surface area contributed by atoms with Crippen LogP contribution in [0.15, 0.2) is 59.1 Å². The monoisotopic (exact) mass is 628 g/mol. The van der Waals surface area contributed by atoms with Gasteiger partial charge >= 0.3 is 0 Å². The van der Waals surface area contributed by atoms with E-state index < -0.39 is 12.4 Å². The number of hydrogen-bond acceptors (Lipinski definition) is 8. The van der Waals surface area contributed by atoms with Crippen LogP contribution in [0.25, 0.3) is 11.1 Å². The van der Waals surface area contributed by atoms with Gasteiger partial charge in [-0.1, -0.05) is 0 Å². The molecule has 6 N–H and O–H groups in total. The quantitative estimate of drug-likeness (QED) is 0.293. The van der Waals surface area contributed by atoms with Gasteiger partial charge in [0.1, 0.15) is 23.0 Å². The largest absolute Gasteiger partial charge is 0.392 e. The van der Waals surface area contributed by atoms with Crippen LogP contribution in [0.5, 0.6) is 0 Å². The summed E-state index contributed by atoms with van der Waals surface area (Å²) >= 11 is 0. The number of rotatable bonds is 7. The van der Waals surface area contributed by atoms with Crippen LogP contribution in [0.3, 0.4) is 0 Å². The number of hydrogen-bond donors (Lipinski definition) is 4. The van der Waals surface area contributed by atoms with Gasteiger partial charge in [0.15, 0.2) is 0 Å². The summed E-state index contributed by atoms with van der Waals surface area (Å²) in [6, 6.07) is 6.24. The van der Waals surface area contributed by atoms with Gasteiger partial charge in [0.2, 0.25) is 0 Å². The Labute approximate surface area is 267 Å². The molecule has 4 aliphatic rings. The minimum atomic E-state index is -0.552. The molecular weight excluding hydrogens is 587 g/mol. The highest BCUT2D eigenvalue weighted by Gasteiger charge is 2.43. The highest BCUT2D eigenvalue weighted by molar-refractivity contribution is 6.07. The second-order valence-electron chi connectivity index (χ2n) is 13.0. The Morgan fingerprint density at radius 1 is 1.00 bits per heavy atom. The van der Waals surface area contributed by atoms with Crippen LogP contribution in [0.2, 0.25) is 0 Å². The van der Waals surface area contributed by atoms with Crippen LogP contribution in [0.4, 0.5) is 15.8 Å². The minimum absolute atomic E-state index is 0.172. The van der Waals surface area contributed by atoms with E-state index in [2.05, 4.69) is 26.7 Å². The van der Waals surface area contributed by atoms with E-state index in [0.29, 0.717) is 58.8 Å². The van der Waals surface area contributed by atoms with E-state index >= 15 is 4.39 Å². The van der Waals surface area contributed by atoms with Gasteiger partial charge in [-0.15, -0.1) is 0 Å². The fraction of sp³-hybridized carbons (Fsp3) is 0.412. The molecule has 7 rings (SSSR count). The van der Waals surface area contributed by atoms with E-state index in [4.69, 9.17) is 11.5 Å². The molecule has 1 aromatic carbocycles. The Hall–Kier alpha value is -4.55.